The molecule has 0 fully saturated rings. The molecule has 1 atom stereocenters. The lowest BCUT2D eigenvalue weighted by molar-refractivity contribution is -0.120. The molecule has 6 heteroatoms. The van der Waals surface area contributed by atoms with Crippen molar-refractivity contribution in [3.8, 4) is 11.8 Å². The Balaban J connectivity index is 2.44. The molecule has 1 aliphatic rings. The Morgan fingerprint density at radius 2 is 2.00 bits per heavy atom. The maximum atomic E-state index is 14.6. The fourth-order valence-electron chi connectivity index (χ4n) is 2.41. The summed E-state index contributed by atoms with van der Waals surface area (Å²) in [5, 5.41) is 3.09. The highest BCUT2D eigenvalue weighted by atomic mass is 28.4. The molecule has 1 unspecified atom stereocenters. The van der Waals surface area contributed by atoms with Gasteiger partial charge >= 0.3 is 0 Å². The summed E-state index contributed by atoms with van der Waals surface area (Å²) in [6, 6.07) is 2.52. The van der Waals surface area contributed by atoms with Gasteiger partial charge in [-0.1, -0.05) is 26.7 Å². The van der Waals surface area contributed by atoms with E-state index in [0.717, 1.165) is 0 Å². The summed E-state index contributed by atoms with van der Waals surface area (Å²) in [6.07, 6.45) is 0. The summed E-state index contributed by atoms with van der Waals surface area (Å²) in [5.74, 6) is 5.14. The number of nitrogens with one attached hydrogen (secondary N) is 1. The van der Waals surface area contributed by atoms with E-state index in [1.807, 2.05) is 0 Å². The van der Waals surface area contributed by atoms with E-state index in [9.17, 15) is 9.18 Å². The van der Waals surface area contributed by atoms with Crippen LogP contribution < -0.4 is 10.2 Å². The molecule has 1 amide bonds. The Labute approximate surface area is 150 Å². The van der Waals surface area contributed by atoms with Gasteiger partial charge in [0.15, 0.2) is 8.32 Å². The van der Waals surface area contributed by atoms with E-state index in [0.29, 0.717) is 11.3 Å². The number of hydrogen-bond donors (Lipinski definition) is 1. The number of carbonyl (C=O) groups is 1. The molecule has 0 aliphatic carbocycles. The zero-order valence-electron chi connectivity index (χ0n) is 16.1. The van der Waals surface area contributed by atoms with Crippen LogP contribution in [0.3, 0.4) is 0 Å². The minimum atomic E-state index is -2.07. The highest BCUT2D eigenvalue weighted by Gasteiger charge is 2.40. The summed E-state index contributed by atoms with van der Waals surface area (Å²) >= 11 is 0. The van der Waals surface area contributed by atoms with Crippen molar-refractivity contribution in [3.63, 3.8) is 0 Å². The van der Waals surface area contributed by atoms with Crippen molar-refractivity contribution >= 4 is 25.6 Å². The zero-order valence-corrected chi connectivity index (χ0v) is 17.1. The van der Waals surface area contributed by atoms with Gasteiger partial charge in [-0.2, -0.15) is 0 Å². The van der Waals surface area contributed by atoms with Crippen LogP contribution in [-0.2, 0) is 9.22 Å². The van der Waals surface area contributed by atoms with Crippen molar-refractivity contribution < 1.29 is 13.6 Å². The van der Waals surface area contributed by atoms with Gasteiger partial charge in [0.05, 0.1) is 11.3 Å². The van der Waals surface area contributed by atoms with Crippen molar-refractivity contribution in [2.75, 3.05) is 16.9 Å². The second-order valence-electron chi connectivity index (χ2n) is 7.86. The molecule has 1 heterocycles. The van der Waals surface area contributed by atoms with E-state index in [1.165, 1.54) is 11.0 Å². The molecule has 0 radical (unpaired) electrons. The van der Waals surface area contributed by atoms with E-state index < -0.39 is 20.2 Å². The lowest BCUT2D eigenvalue weighted by Gasteiger charge is -2.40. The molecule has 25 heavy (non-hydrogen) atoms. The second-order valence-corrected chi connectivity index (χ2v) is 12.7. The molecule has 0 bridgehead atoms. The van der Waals surface area contributed by atoms with Crippen LogP contribution in [0.5, 0.6) is 0 Å². The Bertz CT molecular complexity index is 744. The highest BCUT2D eigenvalue weighted by molar-refractivity contribution is 6.74. The Morgan fingerprint density at radius 3 is 2.56 bits per heavy atom. The normalized spacial score (nSPS) is 17.5. The number of hydrogen-bond acceptors (Lipinski definition) is 3. The molecule has 0 saturated heterocycles. The minimum absolute atomic E-state index is 0.00656. The molecule has 4 nitrogen and oxygen atoms in total. The van der Waals surface area contributed by atoms with E-state index in [-0.39, 0.29) is 23.4 Å². The van der Waals surface area contributed by atoms with Crippen molar-refractivity contribution in [1.29, 1.82) is 0 Å². The van der Waals surface area contributed by atoms with Crippen molar-refractivity contribution in [3.05, 3.63) is 23.5 Å². The molecular formula is C19H27FN2O2Si. The molecule has 1 N–H and O–H groups in total. The average molecular weight is 363 g/mol. The third kappa shape index (κ3) is 3.73. The largest absolute Gasteiger partial charge is 0.399 e. The number of carbonyl (C=O) groups excluding carboxylic acids is 1. The SMILES string of the molecule is CC#Cc1ccc(F)c2c1NC(C)C(=O)N2CO[Si](C)(C)C(C)(C)C. The van der Waals surface area contributed by atoms with Crippen LogP contribution in [0.2, 0.25) is 18.1 Å². The van der Waals surface area contributed by atoms with Crippen molar-refractivity contribution in [1.82, 2.24) is 0 Å². The van der Waals surface area contributed by atoms with Crippen LogP contribution in [0, 0.1) is 17.7 Å². The number of nitrogens with zero attached hydrogens (tertiary/aromatic N) is 1. The number of rotatable bonds is 3. The lowest BCUT2D eigenvalue weighted by atomic mass is 10.1. The second kappa shape index (κ2) is 6.81. The first kappa shape index (κ1) is 19.5. The van der Waals surface area contributed by atoms with E-state index >= 15 is 0 Å². The molecule has 136 valence electrons. The van der Waals surface area contributed by atoms with Gasteiger partial charge in [-0.25, -0.2) is 4.39 Å². The molecular weight excluding hydrogens is 335 g/mol. The third-order valence-electron chi connectivity index (χ3n) is 5.02. The Morgan fingerprint density at radius 1 is 1.36 bits per heavy atom. The van der Waals surface area contributed by atoms with Gasteiger partial charge in [0.25, 0.3) is 5.91 Å². The number of fused-ring (bicyclic) bond motifs is 1. The zero-order chi connectivity index (χ0) is 19.0. The predicted molar refractivity (Wildman–Crippen MR) is 103 cm³/mol. The highest BCUT2D eigenvalue weighted by Crippen LogP contribution is 2.39. The van der Waals surface area contributed by atoms with E-state index in [4.69, 9.17) is 4.43 Å². The first-order valence-corrected chi connectivity index (χ1v) is 11.4. The van der Waals surface area contributed by atoms with Gasteiger partial charge in [-0.15, -0.1) is 5.92 Å². The first-order valence-electron chi connectivity index (χ1n) is 8.46. The molecule has 0 aromatic heterocycles. The topological polar surface area (TPSA) is 41.6 Å². The summed E-state index contributed by atoms with van der Waals surface area (Å²) in [7, 11) is -2.07. The maximum absolute atomic E-state index is 14.6. The predicted octanol–water partition coefficient (Wildman–Crippen LogP) is 4.32. The van der Waals surface area contributed by atoms with Gasteiger partial charge in [-0.05, 0) is 44.1 Å². The minimum Gasteiger partial charge on any atom is -0.399 e. The summed E-state index contributed by atoms with van der Waals surface area (Å²) < 4.78 is 20.7. The summed E-state index contributed by atoms with van der Waals surface area (Å²) in [4.78, 5) is 14.1. The van der Waals surface area contributed by atoms with Crippen LogP contribution in [0.4, 0.5) is 15.8 Å². The molecule has 1 aromatic carbocycles. The van der Waals surface area contributed by atoms with E-state index in [2.05, 4.69) is 51.0 Å². The Hall–Kier alpha value is -1.84. The number of benzene rings is 1. The molecule has 0 spiro atoms. The number of anilines is 2. The first-order chi connectivity index (χ1) is 11.5. The van der Waals surface area contributed by atoms with Crippen LogP contribution in [-0.4, -0.2) is 27.0 Å². The monoisotopic (exact) mass is 362 g/mol. The van der Waals surface area contributed by atoms with Gasteiger partial charge < -0.3 is 9.74 Å². The average Bonchev–Trinajstić information content (AvgIpc) is 2.50. The fraction of sp³-hybridized carbons (Fsp3) is 0.526. The van der Waals surface area contributed by atoms with Crippen molar-refractivity contribution in [2.24, 2.45) is 0 Å². The lowest BCUT2D eigenvalue weighted by Crippen LogP contribution is -2.51. The van der Waals surface area contributed by atoms with E-state index in [1.54, 1.807) is 19.9 Å². The van der Waals surface area contributed by atoms with Crippen LogP contribution in [0.25, 0.3) is 0 Å². The molecule has 1 aromatic rings. The number of amides is 1. The smallest absolute Gasteiger partial charge is 0.251 e. The fourth-order valence-corrected chi connectivity index (χ4v) is 3.29. The van der Waals surface area contributed by atoms with Crippen LogP contribution in [0.15, 0.2) is 12.1 Å². The molecule has 2 rings (SSSR count). The summed E-state index contributed by atoms with van der Waals surface area (Å²) in [6.45, 7) is 14.2. The maximum Gasteiger partial charge on any atom is 0.251 e. The Kier molecular flexibility index (Phi) is 5.31. The van der Waals surface area contributed by atoms with Crippen LogP contribution in [0.1, 0.15) is 40.2 Å². The van der Waals surface area contributed by atoms with Gasteiger partial charge in [-0.3, -0.25) is 9.69 Å². The van der Waals surface area contributed by atoms with Gasteiger partial charge in [0.2, 0.25) is 0 Å². The van der Waals surface area contributed by atoms with Gasteiger partial charge in [0, 0.05) is 0 Å². The summed E-state index contributed by atoms with van der Waals surface area (Å²) in [5.41, 5.74) is 1.46. The molecule has 0 saturated carbocycles. The van der Waals surface area contributed by atoms with Crippen molar-refractivity contribution in [2.45, 2.75) is 58.8 Å². The standard InChI is InChI=1S/C19H27FN2O2Si/c1-8-9-14-10-11-15(20)17-16(14)21-13(2)18(23)22(17)12-24-25(6,7)19(3,4)5/h10-11,13,21H,12H2,1-7H3. The third-order valence-corrected chi connectivity index (χ3v) is 9.48. The quantitative estimate of drug-likeness (QED) is 0.643. The van der Waals surface area contributed by atoms with Gasteiger partial charge in [0.1, 0.15) is 24.3 Å². The molecule has 1 aliphatic heterocycles. The number of halogens is 1. The van der Waals surface area contributed by atoms with Crippen LogP contribution >= 0.6 is 0 Å².